The molecule has 5 heteroatoms. The predicted octanol–water partition coefficient (Wildman–Crippen LogP) is 1.97. The highest BCUT2D eigenvalue weighted by molar-refractivity contribution is 7.22. The SMILES string of the molecule is NC(=O)c1ccc(-c2nccs2)s1. The van der Waals surface area contributed by atoms with E-state index in [-0.39, 0.29) is 5.91 Å². The number of thiazole rings is 1. The monoisotopic (exact) mass is 210 g/mol. The van der Waals surface area contributed by atoms with Crippen molar-refractivity contribution in [1.82, 2.24) is 4.98 Å². The van der Waals surface area contributed by atoms with Gasteiger partial charge in [-0.1, -0.05) is 0 Å². The lowest BCUT2D eigenvalue weighted by Crippen LogP contribution is -2.07. The molecule has 0 aliphatic carbocycles. The van der Waals surface area contributed by atoms with E-state index in [9.17, 15) is 4.79 Å². The molecule has 2 N–H and O–H groups in total. The van der Waals surface area contributed by atoms with Crippen LogP contribution in [0.2, 0.25) is 0 Å². The number of rotatable bonds is 2. The maximum Gasteiger partial charge on any atom is 0.258 e. The van der Waals surface area contributed by atoms with Crippen LogP contribution in [0.25, 0.3) is 9.88 Å². The zero-order valence-corrected chi connectivity index (χ0v) is 8.19. The van der Waals surface area contributed by atoms with Gasteiger partial charge in [0.2, 0.25) is 0 Å². The molecule has 0 saturated carbocycles. The van der Waals surface area contributed by atoms with E-state index in [0.29, 0.717) is 4.88 Å². The third-order valence-corrected chi connectivity index (χ3v) is 3.53. The Morgan fingerprint density at radius 1 is 1.46 bits per heavy atom. The number of primary amides is 1. The Bertz CT molecular complexity index is 419. The molecule has 2 rings (SSSR count). The summed E-state index contributed by atoms with van der Waals surface area (Å²) in [6.07, 6.45) is 1.74. The van der Waals surface area contributed by atoms with E-state index in [1.54, 1.807) is 23.6 Å². The van der Waals surface area contributed by atoms with E-state index in [1.807, 2.05) is 11.4 Å². The summed E-state index contributed by atoms with van der Waals surface area (Å²) < 4.78 is 0. The molecule has 3 nitrogen and oxygen atoms in total. The van der Waals surface area contributed by atoms with Gasteiger partial charge in [-0.3, -0.25) is 4.79 Å². The van der Waals surface area contributed by atoms with Crippen LogP contribution in [0.3, 0.4) is 0 Å². The van der Waals surface area contributed by atoms with E-state index in [0.717, 1.165) is 9.88 Å². The number of nitrogens with zero attached hydrogens (tertiary/aromatic N) is 1. The fourth-order valence-electron chi connectivity index (χ4n) is 0.930. The molecular weight excluding hydrogens is 204 g/mol. The maximum atomic E-state index is 10.8. The van der Waals surface area contributed by atoms with E-state index in [4.69, 9.17) is 5.73 Å². The summed E-state index contributed by atoms with van der Waals surface area (Å²) >= 11 is 2.92. The van der Waals surface area contributed by atoms with Gasteiger partial charge in [0.1, 0.15) is 5.01 Å². The van der Waals surface area contributed by atoms with Crippen LogP contribution < -0.4 is 5.73 Å². The van der Waals surface area contributed by atoms with Crippen molar-refractivity contribution < 1.29 is 4.79 Å². The van der Waals surface area contributed by atoms with Crippen LogP contribution in [-0.4, -0.2) is 10.9 Å². The van der Waals surface area contributed by atoms with Gasteiger partial charge in [0.15, 0.2) is 0 Å². The zero-order chi connectivity index (χ0) is 9.26. The Kier molecular flexibility index (Phi) is 2.12. The van der Waals surface area contributed by atoms with Crippen LogP contribution in [-0.2, 0) is 0 Å². The number of carbonyl (C=O) groups is 1. The second-order valence-electron chi connectivity index (χ2n) is 2.37. The fourth-order valence-corrected chi connectivity index (χ4v) is 2.51. The average molecular weight is 210 g/mol. The highest BCUT2D eigenvalue weighted by Gasteiger charge is 2.07. The van der Waals surface area contributed by atoms with E-state index in [1.165, 1.54) is 11.3 Å². The first-order valence-corrected chi connectivity index (χ1v) is 5.26. The van der Waals surface area contributed by atoms with Crippen molar-refractivity contribution in [2.45, 2.75) is 0 Å². The van der Waals surface area contributed by atoms with Crippen LogP contribution in [0.4, 0.5) is 0 Å². The molecule has 0 unspecified atom stereocenters. The minimum Gasteiger partial charge on any atom is -0.365 e. The summed E-state index contributed by atoms with van der Waals surface area (Å²) in [6.45, 7) is 0. The summed E-state index contributed by atoms with van der Waals surface area (Å²) in [4.78, 5) is 16.5. The maximum absolute atomic E-state index is 10.8. The largest absolute Gasteiger partial charge is 0.365 e. The van der Waals surface area contributed by atoms with Crippen molar-refractivity contribution in [3.8, 4) is 9.88 Å². The molecule has 0 spiro atoms. The van der Waals surface area contributed by atoms with Crippen LogP contribution in [0.5, 0.6) is 0 Å². The molecule has 0 aliphatic rings. The van der Waals surface area contributed by atoms with Gasteiger partial charge in [0.25, 0.3) is 5.91 Å². The number of aromatic nitrogens is 1. The highest BCUT2D eigenvalue weighted by Crippen LogP contribution is 2.28. The summed E-state index contributed by atoms with van der Waals surface area (Å²) in [6, 6.07) is 3.59. The van der Waals surface area contributed by atoms with Crippen molar-refractivity contribution >= 4 is 28.6 Å². The molecule has 0 aliphatic heterocycles. The number of nitrogens with two attached hydrogens (primary N) is 1. The molecule has 0 radical (unpaired) electrons. The minimum atomic E-state index is -0.382. The van der Waals surface area contributed by atoms with Gasteiger partial charge >= 0.3 is 0 Å². The molecular formula is C8H6N2OS2. The van der Waals surface area contributed by atoms with Crippen molar-refractivity contribution in [1.29, 1.82) is 0 Å². The second kappa shape index (κ2) is 3.27. The molecule has 66 valence electrons. The van der Waals surface area contributed by atoms with Gasteiger partial charge < -0.3 is 5.73 Å². The van der Waals surface area contributed by atoms with Crippen LogP contribution in [0, 0.1) is 0 Å². The van der Waals surface area contributed by atoms with Gasteiger partial charge in [-0.2, -0.15) is 0 Å². The van der Waals surface area contributed by atoms with Crippen molar-refractivity contribution in [2.24, 2.45) is 5.73 Å². The Morgan fingerprint density at radius 2 is 2.31 bits per heavy atom. The lowest BCUT2D eigenvalue weighted by atomic mass is 10.4. The second-order valence-corrected chi connectivity index (χ2v) is 4.34. The third kappa shape index (κ3) is 1.61. The molecule has 0 saturated heterocycles. The lowest BCUT2D eigenvalue weighted by Gasteiger charge is -1.86. The van der Waals surface area contributed by atoms with Crippen molar-refractivity contribution in [3.63, 3.8) is 0 Å². The molecule has 1 amide bonds. The summed E-state index contributed by atoms with van der Waals surface area (Å²) in [5, 5.41) is 2.83. The molecule has 0 atom stereocenters. The topological polar surface area (TPSA) is 56.0 Å². The quantitative estimate of drug-likeness (QED) is 0.823. The first kappa shape index (κ1) is 8.40. The number of amides is 1. The first-order valence-electron chi connectivity index (χ1n) is 3.57. The highest BCUT2D eigenvalue weighted by atomic mass is 32.1. The summed E-state index contributed by atoms with van der Waals surface area (Å²) in [5.41, 5.74) is 5.13. The average Bonchev–Trinajstić information content (AvgIpc) is 2.75. The van der Waals surface area contributed by atoms with Gasteiger partial charge in [-0.05, 0) is 12.1 Å². The predicted molar refractivity (Wildman–Crippen MR) is 53.9 cm³/mol. The number of hydrogen-bond donors (Lipinski definition) is 1. The molecule has 0 fully saturated rings. The number of hydrogen-bond acceptors (Lipinski definition) is 4. The fraction of sp³-hybridized carbons (Fsp3) is 0. The number of thiophene rings is 1. The number of carbonyl (C=O) groups excluding carboxylic acids is 1. The molecule has 0 bridgehead atoms. The van der Waals surface area contributed by atoms with Crippen LogP contribution in [0.15, 0.2) is 23.7 Å². The standard InChI is InChI=1S/C8H6N2OS2/c9-7(11)5-1-2-6(13-5)8-10-3-4-12-8/h1-4H,(H2,9,11). The van der Waals surface area contributed by atoms with E-state index < -0.39 is 0 Å². The Labute approximate surface area is 82.9 Å². The van der Waals surface area contributed by atoms with Crippen molar-refractivity contribution in [3.05, 3.63) is 28.6 Å². The third-order valence-electron chi connectivity index (χ3n) is 1.49. The van der Waals surface area contributed by atoms with Crippen LogP contribution >= 0.6 is 22.7 Å². The molecule has 2 aromatic rings. The molecule has 2 heterocycles. The normalized spacial score (nSPS) is 10.2. The van der Waals surface area contributed by atoms with Crippen LogP contribution in [0.1, 0.15) is 9.67 Å². The Balaban J connectivity index is 2.39. The summed E-state index contributed by atoms with van der Waals surface area (Å²) in [7, 11) is 0. The molecule has 0 aromatic carbocycles. The van der Waals surface area contributed by atoms with Gasteiger partial charge in [-0.25, -0.2) is 4.98 Å². The molecule has 13 heavy (non-hydrogen) atoms. The van der Waals surface area contributed by atoms with E-state index >= 15 is 0 Å². The smallest absolute Gasteiger partial charge is 0.258 e. The van der Waals surface area contributed by atoms with Gasteiger partial charge in [0.05, 0.1) is 9.75 Å². The zero-order valence-electron chi connectivity index (χ0n) is 6.56. The summed E-state index contributed by atoms with van der Waals surface area (Å²) in [5.74, 6) is -0.382. The first-order chi connectivity index (χ1) is 6.27. The molecule has 2 aromatic heterocycles. The Morgan fingerprint density at radius 3 is 2.85 bits per heavy atom. The van der Waals surface area contributed by atoms with Gasteiger partial charge in [0, 0.05) is 11.6 Å². The van der Waals surface area contributed by atoms with Crippen molar-refractivity contribution in [2.75, 3.05) is 0 Å². The lowest BCUT2D eigenvalue weighted by molar-refractivity contribution is 0.100. The Hall–Kier alpha value is -1.20. The van der Waals surface area contributed by atoms with E-state index in [2.05, 4.69) is 4.98 Å². The minimum absolute atomic E-state index is 0.382. The van der Waals surface area contributed by atoms with Gasteiger partial charge in [-0.15, -0.1) is 22.7 Å².